The summed E-state index contributed by atoms with van der Waals surface area (Å²) >= 11 is 0. The van der Waals surface area contributed by atoms with Crippen LogP contribution in [0.3, 0.4) is 0 Å². The topological polar surface area (TPSA) is 9.23 Å². The molecule has 1 radical (unpaired) electrons. The molecule has 1 aromatic carbocycles. The molecule has 0 amide bonds. The minimum atomic E-state index is -1.46. The monoisotopic (exact) mass is 345 g/mol. The minimum absolute atomic E-state index is 0.256. The normalized spacial score (nSPS) is 31.3. The minimum Gasteiger partial charge on any atom is -0.412 e. The van der Waals surface area contributed by atoms with E-state index in [0.29, 0.717) is 0 Å². The van der Waals surface area contributed by atoms with Gasteiger partial charge in [0.25, 0.3) is 0 Å². The summed E-state index contributed by atoms with van der Waals surface area (Å²) < 4.78 is 6.86. The first-order valence-corrected chi connectivity index (χ1v) is 15.1. The third-order valence-corrected chi connectivity index (χ3v) is 9.35. The zero-order valence-electron chi connectivity index (χ0n) is 15.4. The van der Waals surface area contributed by atoms with Gasteiger partial charge in [-0.2, -0.15) is 0 Å². The van der Waals surface area contributed by atoms with Crippen LogP contribution in [0.4, 0.5) is 0 Å². The molecule has 0 bridgehead atoms. The van der Waals surface area contributed by atoms with Crippen LogP contribution in [0.25, 0.3) is 0 Å². The molecule has 3 heteroatoms. The van der Waals surface area contributed by atoms with Crippen molar-refractivity contribution in [3.63, 3.8) is 0 Å². The Bertz CT molecular complexity index is 510. The predicted octanol–water partition coefficient (Wildman–Crippen LogP) is 5.21. The molecule has 3 atom stereocenters. The first-order valence-electron chi connectivity index (χ1n) is 9.48. The molecular weight excluding hydrogens is 312 g/mol. The van der Waals surface area contributed by atoms with Gasteiger partial charge in [-0.05, 0) is 50.7 Å². The average molecular weight is 346 g/mol. The maximum Gasteiger partial charge on any atom is 0.184 e. The number of rotatable bonds is 5. The van der Waals surface area contributed by atoms with Gasteiger partial charge in [-0.15, -0.1) is 0 Å². The fourth-order valence-electron chi connectivity index (χ4n) is 5.18. The van der Waals surface area contributed by atoms with Crippen molar-refractivity contribution in [3.8, 4) is 0 Å². The van der Waals surface area contributed by atoms with Gasteiger partial charge in [0.2, 0.25) is 0 Å². The molecule has 0 heterocycles. The Balaban J connectivity index is 1.73. The first kappa shape index (κ1) is 17.4. The molecule has 2 aliphatic carbocycles. The lowest BCUT2D eigenvalue weighted by Crippen LogP contribution is -2.50. The maximum atomic E-state index is 6.86. The highest BCUT2D eigenvalue weighted by atomic mass is 28.4. The van der Waals surface area contributed by atoms with Crippen molar-refractivity contribution in [2.75, 3.05) is 0 Å². The standard InChI is InChI=1S/C20H33OSi2/c1-22(18-11-6-5-7-12-18)16-17-10-8-14-20(21-23(2,3)4)15-9-13-19(17)20/h5-7,11-12,17,19H,8-10,13-16H2,1-4H3/t17?,19-,20-/m1/s1. The third kappa shape index (κ3) is 4.00. The first-order chi connectivity index (χ1) is 10.9. The van der Waals surface area contributed by atoms with E-state index in [-0.39, 0.29) is 5.60 Å². The van der Waals surface area contributed by atoms with Gasteiger partial charge in [-0.3, -0.25) is 0 Å². The van der Waals surface area contributed by atoms with Gasteiger partial charge in [0.15, 0.2) is 8.32 Å². The Morgan fingerprint density at radius 2 is 1.74 bits per heavy atom. The van der Waals surface area contributed by atoms with E-state index >= 15 is 0 Å². The molecule has 2 aliphatic rings. The van der Waals surface area contributed by atoms with Crippen LogP contribution in [-0.4, -0.2) is 22.7 Å². The summed E-state index contributed by atoms with van der Waals surface area (Å²) in [5.74, 6) is 1.74. The van der Waals surface area contributed by atoms with Crippen molar-refractivity contribution >= 4 is 22.3 Å². The van der Waals surface area contributed by atoms with Crippen molar-refractivity contribution in [1.29, 1.82) is 0 Å². The van der Waals surface area contributed by atoms with E-state index in [1.54, 1.807) is 5.19 Å². The number of hydrogen-bond donors (Lipinski definition) is 0. The molecule has 0 spiro atoms. The Morgan fingerprint density at radius 3 is 2.39 bits per heavy atom. The summed E-state index contributed by atoms with van der Waals surface area (Å²) in [5, 5.41) is 1.61. The quantitative estimate of drug-likeness (QED) is 0.666. The second kappa shape index (κ2) is 6.85. The van der Waals surface area contributed by atoms with Gasteiger partial charge in [-0.1, -0.05) is 67.4 Å². The molecular formula is C20H33OSi2. The molecule has 0 aromatic heterocycles. The molecule has 3 rings (SSSR count). The number of hydrogen-bond acceptors (Lipinski definition) is 1. The van der Waals surface area contributed by atoms with Gasteiger partial charge >= 0.3 is 0 Å². The van der Waals surface area contributed by atoms with Gasteiger partial charge < -0.3 is 4.43 Å². The summed E-state index contributed by atoms with van der Waals surface area (Å²) in [5.41, 5.74) is 0.256. The summed E-state index contributed by atoms with van der Waals surface area (Å²) in [7, 11) is -1.88. The Morgan fingerprint density at radius 1 is 1.09 bits per heavy atom. The van der Waals surface area contributed by atoms with E-state index < -0.39 is 17.1 Å². The Kier molecular flexibility index (Phi) is 5.19. The molecule has 1 unspecified atom stereocenters. The van der Waals surface area contributed by atoms with E-state index in [0.717, 1.165) is 11.8 Å². The van der Waals surface area contributed by atoms with Crippen LogP contribution in [0.2, 0.25) is 32.2 Å². The lowest BCUT2D eigenvalue weighted by Gasteiger charge is -2.48. The molecule has 127 valence electrons. The van der Waals surface area contributed by atoms with Crippen LogP contribution in [0.15, 0.2) is 30.3 Å². The zero-order valence-corrected chi connectivity index (χ0v) is 17.4. The molecule has 1 nitrogen and oxygen atoms in total. The van der Waals surface area contributed by atoms with Crippen molar-refractivity contribution in [1.82, 2.24) is 0 Å². The van der Waals surface area contributed by atoms with E-state index in [1.165, 1.54) is 44.6 Å². The summed E-state index contributed by atoms with van der Waals surface area (Å²) in [4.78, 5) is 0. The Labute approximate surface area is 145 Å². The fourth-order valence-corrected chi connectivity index (χ4v) is 9.02. The molecule has 23 heavy (non-hydrogen) atoms. The van der Waals surface area contributed by atoms with Crippen molar-refractivity contribution in [3.05, 3.63) is 30.3 Å². The summed E-state index contributed by atoms with van der Waals surface area (Å²) in [6.07, 6.45) is 8.29. The summed E-state index contributed by atoms with van der Waals surface area (Å²) in [6, 6.07) is 12.7. The van der Waals surface area contributed by atoms with E-state index in [9.17, 15) is 0 Å². The second-order valence-electron chi connectivity index (χ2n) is 8.78. The third-order valence-electron chi connectivity index (χ3n) is 5.88. The largest absolute Gasteiger partial charge is 0.412 e. The van der Waals surface area contributed by atoms with Crippen molar-refractivity contribution < 1.29 is 4.43 Å². The highest BCUT2D eigenvalue weighted by molar-refractivity contribution is 6.72. The Hall–Kier alpha value is -0.386. The molecule has 0 aliphatic heterocycles. The summed E-state index contributed by atoms with van der Waals surface area (Å²) in [6.45, 7) is 9.64. The van der Waals surface area contributed by atoms with E-state index in [4.69, 9.17) is 4.43 Å². The molecule has 2 saturated carbocycles. The molecule has 0 saturated heterocycles. The number of fused-ring (bicyclic) bond motifs is 1. The van der Waals surface area contributed by atoms with Crippen LogP contribution in [0, 0.1) is 11.8 Å². The number of benzene rings is 1. The van der Waals surface area contributed by atoms with Crippen LogP contribution >= 0.6 is 0 Å². The lowest BCUT2D eigenvalue weighted by molar-refractivity contribution is -0.0326. The lowest BCUT2D eigenvalue weighted by atomic mass is 9.71. The van der Waals surface area contributed by atoms with Gasteiger partial charge in [0.05, 0.1) is 14.4 Å². The van der Waals surface area contributed by atoms with Gasteiger partial charge in [-0.25, -0.2) is 0 Å². The van der Waals surface area contributed by atoms with Gasteiger partial charge in [0, 0.05) is 0 Å². The highest BCUT2D eigenvalue weighted by Crippen LogP contribution is 2.53. The van der Waals surface area contributed by atoms with E-state index in [2.05, 4.69) is 56.5 Å². The van der Waals surface area contributed by atoms with Crippen LogP contribution in [0.1, 0.15) is 38.5 Å². The van der Waals surface area contributed by atoms with Gasteiger partial charge in [0.1, 0.15) is 0 Å². The smallest absolute Gasteiger partial charge is 0.184 e. The highest BCUT2D eigenvalue weighted by Gasteiger charge is 2.51. The van der Waals surface area contributed by atoms with Crippen LogP contribution in [0.5, 0.6) is 0 Å². The zero-order chi connectivity index (χ0) is 16.5. The second-order valence-corrected chi connectivity index (χ2v) is 15.8. The van der Waals surface area contributed by atoms with E-state index in [1.807, 2.05) is 0 Å². The van der Waals surface area contributed by atoms with Crippen molar-refractivity contribution in [2.45, 2.75) is 76.4 Å². The molecule has 0 N–H and O–H groups in total. The van der Waals surface area contributed by atoms with Crippen LogP contribution < -0.4 is 5.19 Å². The van der Waals surface area contributed by atoms with Crippen molar-refractivity contribution in [2.24, 2.45) is 11.8 Å². The molecule has 1 aromatic rings. The predicted molar refractivity (Wildman–Crippen MR) is 104 cm³/mol. The molecule has 2 fully saturated rings. The SMILES string of the molecule is C[Si](CC1CCC[C@@]2(O[Si](C)(C)C)CCC[C@H]12)c1ccccc1. The average Bonchev–Trinajstić information content (AvgIpc) is 2.90. The maximum absolute atomic E-state index is 6.86. The van der Waals surface area contributed by atoms with Crippen LogP contribution in [-0.2, 0) is 4.43 Å². The fraction of sp³-hybridized carbons (Fsp3) is 0.700.